The number of aliphatic hydroxyl groups excluding tert-OH is 1. The van der Waals surface area contributed by atoms with Gasteiger partial charge in [0.1, 0.15) is 18.5 Å². The molecule has 1 aliphatic rings. The third kappa shape index (κ3) is 6.29. The predicted molar refractivity (Wildman–Crippen MR) is 91.2 cm³/mol. The highest BCUT2D eigenvalue weighted by Crippen LogP contribution is 2.18. The molecule has 6 nitrogen and oxygen atoms in total. The van der Waals surface area contributed by atoms with Gasteiger partial charge in [0.25, 0.3) is 0 Å². The second-order valence-corrected chi connectivity index (χ2v) is 6.30. The lowest BCUT2D eigenvalue weighted by Gasteiger charge is -2.20. The van der Waals surface area contributed by atoms with Crippen LogP contribution in [0.25, 0.3) is 0 Å². The lowest BCUT2D eigenvalue weighted by atomic mass is 10.1. The summed E-state index contributed by atoms with van der Waals surface area (Å²) >= 11 is 0. The van der Waals surface area contributed by atoms with Crippen molar-refractivity contribution in [1.82, 2.24) is 10.2 Å². The number of carbonyl (C=O) groups is 2. The molecule has 0 radical (unpaired) electrons. The standard InChI is InChI=1S/C18H26N2O4/c1-3-17(22)13-4-8-16(9-5-13)24-12-15(21)10-20(2)11-18(23)19-14-6-7-14/h4-5,8-9,14-15,21H,3,6-7,10-12H2,1-2H3,(H,19,23). The summed E-state index contributed by atoms with van der Waals surface area (Å²) in [5.41, 5.74) is 0.659. The van der Waals surface area contributed by atoms with E-state index in [1.807, 2.05) is 6.92 Å². The van der Waals surface area contributed by atoms with Crippen molar-refractivity contribution >= 4 is 11.7 Å². The molecule has 1 aromatic rings. The van der Waals surface area contributed by atoms with Crippen molar-refractivity contribution in [1.29, 1.82) is 0 Å². The zero-order chi connectivity index (χ0) is 17.5. The smallest absolute Gasteiger partial charge is 0.234 e. The Bertz CT molecular complexity index is 555. The van der Waals surface area contributed by atoms with Gasteiger partial charge in [-0.3, -0.25) is 14.5 Å². The molecule has 6 heteroatoms. The first-order valence-corrected chi connectivity index (χ1v) is 8.40. The number of amides is 1. The van der Waals surface area contributed by atoms with Crippen molar-refractivity contribution in [3.05, 3.63) is 29.8 Å². The topological polar surface area (TPSA) is 78.9 Å². The normalized spacial score (nSPS) is 15.2. The van der Waals surface area contributed by atoms with Crippen LogP contribution in [0.4, 0.5) is 0 Å². The molecular formula is C18H26N2O4. The minimum Gasteiger partial charge on any atom is -0.491 e. The number of likely N-dealkylation sites (N-methyl/N-ethyl adjacent to an activating group) is 1. The molecule has 0 spiro atoms. The summed E-state index contributed by atoms with van der Waals surface area (Å²) in [4.78, 5) is 25.0. The molecule has 0 aliphatic heterocycles. The van der Waals surface area contributed by atoms with Gasteiger partial charge in [-0.1, -0.05) is 6.92 Å². The molecule has 1 amide bonds. The van der Waals surface area contributed by atoms with E-state index in [1.54, 1.807) is 36.2 Å². The van der Waals surface area contributed by atoms with E-state index in [9.17, 15) is 14.7 Å². The zero-order valence-corrected chi connectivity index (χ0v) is 14.3. The molecular weight excluding hydrogens is 308 g/mol. The Morgan fingerprint density at radius 1 is 1.33 bits per heavy atom. The molecule has 0 bridgehead atoms. The van der Waals surface area contributed by atoms with Crippen LogP contribution in [0, 0.1) is 0 Å². The van der Waals surface area contributed by atoms with Crippen molar-refractivity contribution < 1.29 is 19.4 Å². The molecule has 1 saturated carbocycles. The van der Waals surface area contributed by atoms with Gasteiger partial charge in [0.2, 0.25) is 5.91 Å². The van der Waals surface area contributed by atoms with E-state index < -0.39 is 6.10 Å². The SMILES string of the molecule is CCC(=O)c1ccc(OCC(O)CN(C)CC(=O)NC2CC2)cc1. The van der Waals surface area contributed by atoms with Crippen molar-refractivity contribution in [3.8, 4) is 5.75 Å². The number of rotatable bonds is 10. The number of hydrogen-bond donors (Lipinski definition) is 2. The number of carbonyl (C=O) groups excluding carboxylic acids is 2. The molecule has 24 heavy (non-hydrogen) atoms. The lowest BCUT2D eigenvalue weighted by molar-refractivity contribution is -0.122. The number of aliphatic hydroxyl groups is 1. The van der Waals surface area contributed by atoms with Gasteiger partial charge in [-0.2, -0.15) is 0 Å². The highest BCUT2D eigenvalue weighted by atomic mass is 16.5. The van der Waals surface area contributed by atoms with Crippen LogP contribution in [0.15, 0.2) is 24.3 Å². The highest BCUT2D eigenvalue weighted by molar-refractivity contribution is 5.95. The number of ether oxygens (including phenoxy) is 1. The molecule has 0 aromatic heterocycles. The molecule has 1 aromatic carbocycles. The van der Waals surface area contributed by atoms with Crippen molar-refractivity contribution in [3.63, 3.8) is 0 Å². The third-order valence-electron chi connectivity index (χ3n) is 3.82. The number of benzene rings is 1. The van der Waals surface area contributed by atoms with Crippen molar-refractivity contribution in [2.24, 2.45) is 0 Å². The second kappa shape index (κ2) is 8.80. The summed E-state index contributed by atoms with van der Waals surface area (Å²) in [6, 6.07) is 7.25. The fourth-order valence-corrected chi connectivity index (χ4v) is 2.36. The Labute approximate surface area is 142 Å². The van der Waals surface area contributed by atoms with E-state index in [0.717, 1.165) is 12.8 Å². The van der Waals surface area contributed by atoms with Gasteiger partial charge in [-0.05, 0) is 44.2 Å². The molecule has 0 saturated heterocycles. The Kier molecular flexibility index (Phi) is 6.75. The molecule has 2 rings (SSSR count). The Morgan fingerprint density at radius 2 is 2.00 bits per heavy atom. The first-order valence-electron chi connectivity index (χ1n) is 8.40. The van der Waals surface area contributed by atoms with Gasteiger partial charge in [-0.15, -0.1) is 0 Å². The Hall–Kier alpha value is -1.92. The Morgan fingerprint density at radius 3 is 2.58 bits per heavy atom. The first-order chi connectivity index (χ1) is 11.5. The summed E-state index contributed by atoms with van der Waals surface area (Å²) in [7, 11) is 1.79. The summed E-state index contributed by atoms with van der Waals surface area (Å²) in [5.74, 6) is 0.688. The molecule has 1 unspecified atom stereocenters. The molecule has 1 aliphatic carbocycles. The quantitative estimate of drug-likeness (QED) is 0.629. The fourth-order valence-electron chi connectivity index (χ4n) is 2.36. The van der Waals surface area contributed by atoms with E-state index in [-0.39, 0.29) is 24.8 Å². The minimum atomic E-state index is -0.694. The molecule has 2 N–H and O–H groups in total. The van der Waals surface area contributed by atoms with Crippen molar-refractivity contribution in [2.45, 2.75) is 38.3 Å². The maximum Gasteiger partial charge on any atom is 0.234 e. The monoisotopic (exact) mass is 334 g/mol. The van der Waals surface area contributed by atoms with E-state index in [4.69, 9.17) is 4.74 Å². The van der Waals surface area contributed by atoms with Crippen LogP contribution in [-0.4, -0.2) is 60.6 Å². The van der Waals surface area contributed by atoms with Crippen LogP contribution < -0.4 is 10.1 Å². The fraction of sp³-hybridized carbons (Fsp3) is 0.556. The number of nitrogens with zero attached hydrogens (tertiary/aromatic N) is 1. The zero-order valence-electron chi connectivity index (χ0n) is 14.3. The molecule has 1 atom stereocenters. The maximum absolute atomic E-state index is 11.7. The highest BCUT2D eigenvalue weighted by Gasteiger charge is 2.23. The van der Waals surface area contributed by atoms with Crippen LogP contribution >= 0.6 is 0 Å². The van der Waals surface area contributed by atoms with Gasteiger partial charge in [0.15, 0.2) is 5.78 Å². The lowest BCUT2D eigenvalue weighted by Crippen LogP contribution is -2.40. The minimum absolute atomic E-state index is 0.00991. The van der Waals surface area contributed by atoms with Crippen LogP contribution in [0.5, 0.6) is 5.75 Å². The summed E-state index contributed by atoms with van der Waals surface area (Å²) in [6.07, 6.45) is 1.91. The van der Waals surface area contributed by atoms with Crippen LogP contribution in [0.3, 0.4) is 0 Å². The van der Waals surface area contributed by atoms with Gasteiger partial charge in [0.05, 0.1) is 6.54 Å². The van der Waals surface area contributed by atoms with Gasteiger partial charge >= 0.3 is 0 Å². The molecule has 0 heterocycles. The third-order valence-corrected chi connectivity index (χ3v) is 3.82. The Balaban J connectivity index is 1.68. The number of ketones is 1. The van der Waals surface area contributed by atoms with E-state index in [2.05, 4.69) is 5.32 Å². The molecule has 1 fully saturated rings. The summed E-state index contributed by atoms with van der Waals surface area (Å²) < 4.78 is 5.53. The number of hydrogen-bond acceptors (Lipinski definition) is 5. The maximum atomic E-state index is 11.7. The van der Waals surface area contributed by atoms with Crippen LogP contribution in [0.1, 0.15) is 36.5 Å². The van der Waals surface area contributed by atoms with Crippen LogP contribution in [0.2, 0.25) is 0 Å². The largest absolute Gasteiger partial charge is 0.491 e. The van der Waals surface area contributed by atoms with Gasteiger partial charge in [0, 0.05) is 24.6 Å². The molecule has 132 valence electrons. The summed E-state index contributed by atoms with van der Waals surface area (Å²) in [5, 5.41) is 12.9. The van der Waals surface area contributed by atoms with Crippen molar-refractivity contribution in [2.75, 3.05) is 26.7 Å². The van der Waals surface area contributed by atoms with Gasteiger partial charge in [-0.25, -0.2) is 0 Å². The second-order valence-electron chi connectivity index (χ2n) is 6.30. The number of nitrogens with one attached hydrogen (secondary N) is 1. The number of Topliss-reactive ketones (excluding diaryl/α,β-unsaturated/α-hetero) is 1. The average Bonchev–Trinajstić information content (AvgIpc) is 3.36. The van der Waals surface area contributed by atoms with Gasteiger partial charge < -0.3 is 15.2 Å². The first kappa shape index (κ1) is 18.4. The van der Waals surface area contributed by atoms with E-state index >= 15 is 0 Å². The van der Waals surface area contributed by atoms with Crippen LogP contribution in [-0.2, 0) is 4.79 Å². The average molecular weight is 334 g/mol. The predicted octanol–water partition coefficient (Wildman–Crippen LogP) is 1.23. The van der Waals surface area contributed by atoms with E-state index in [0.29, 0.717) is 30.3 Å². The summed E-state index contributed by atoms with van der Waals surface area (Å²) in [6.45, 7) is 2.58. The van der Waals surface area contributed by atoms with E-state index in [1.165, 1.54) is 0 Å².